The number of hydrogen-bond acceptors (Lipinski definition) is 3. The standard InChI is InChI=1S/C14H22ClNO2S/c1-3-16-12(2)8-6-7-11-19(17,18)14-10-5-4-9-13(14)15/h4-5,9-10,12,16H,3,6-8,11H2,1-2H3. The normalized spacial score (nSPS) is 13.4. The first kappa shape index (κ1) is 16.5. The van der Waals surface area contributed by atoms with Gasteiger partial charge < -0.3 is 5.32 Å². The van der Waals surface area contributed by atoms with Crippen molar-refractivity contribution >= 4 is 21.4 Å². The van der Waals surface area contributed by atoms with Gasteiger partial charge in [0.25, 0.3) is 0 Å². The highest BCUT2D eigenvalue weighted by molar-refractivity contribution is 7.91. The van der Waals surface area contributed by atoms with Crippen molar-refractivity contribution < 1.29 is 8.42 Å². The second-order valence-corrected chi connectivity index (χ2v) is 7.19. The van der Waals surface area contributed by atoms with Gasteiger partial charge in [0, 0.05) is 6.04 Å². The van der Waals surface area contributed by atoms with E-state index in [1.165, 1.54) is 0 Å². The molecule has 1 aromatic carbocycles. The van der Waals surface area contributed by atoms with Gasteiger partial charge in [-0.05, 0) is 38.4 Å². The van der Waals surface area contributed by atoms with Crippen LogP contribution >= 0.6 is 11.6 Å². The molecule has 0 fully saturated rings. The second kappa shape index (κ2) is 7.88. The second-order valence-electron chi connectivity index (χ2n) is 4.70. The predicted molar refractivity (Wildman–Crippen MR) is 80.5 cm³/mol. The Morgan fingerprint density at radius 2 is 1.95 bits per heavy atom. The van der Waals surface area contributed by atoms with Crippen molar-refractivity contribution in [1.29, 1.82) is 0 Å². The summed E-state index contributed by atoms with van der Waals surface area (Å²) in [5.74, 6) is 0.162. The third kappa shape index (κ3) is 5.51. The third-order valence-electron chi connectivity index (χ3n) is 3.02. The Labute approximate surface area is 121 Å². The fourth-order valence-electron chi connectivity index (χ4n) is 2.00. The molecule has 1 N–H and O–H groups in total. The topological polar surface area (TPSA) is 46.2 Å². The minimum absolute atomic E-state index is 0.162. The summed E-state index contributed by atoms with van der Waals surface area (Å²) in [5, 5.41) is 3.62. The van der Waals surface area contributed by atoms with Crippen LogP contribution in [-0.4, -0.2) is 26.8 Å². The van der Waals surface area contributed by atoms with Crippen molar-refractivity contribution in [2.75, 3.05) is 12.3 Å². The molecule has 1 atom stereocenters. The average Bonchev–Trinajstić information content (AvgIpc) is 2.35. The van der Waals surface area contributed by atoms with Gasteiger partial charge in [-0.1, -0.05) is 37.1 Å². The van der Waals surface area contributed by atoms with Crippen LogP contribution in [0.1, 0.15) is 33.1 Å². The van der Waals surface area contributed by atoms with Crippen molar-refractivity contribution in [3.05, 3.63) is 29.3 Å². The van der Waals surface area contributed by atoms with E-state index < -0.39 is 9.84 Å². The molecule has 0 aliphatic rings. The molecule has 1 rings (SSSR count). The highest BCUT2D eigenvalue weighted by Crippen LogP contribution is 2.22. The Hall–Kier alpha value is -0.580. The van der Waals surface area contributed by atoms with E-state index in [2.05, 4.69) is 19.2 Å². The quantitative estimate of drug-likeness (QED) is 0.750. The first-order valence-corrected chi connectivity index (χ1v) is 8.71. The number of rotatable bonds is 8. The molecule has 19 heavy (non-hydrogen) atoms. The zero-order chi connectivity index (χ0) is 14.3. The van der Waals surface area contributed by atoms with E-state index in [0.717, 1.165) is 19.4 Å². The van der Waals surface area contributed by atoms with Gasteiger partial charge in [-0.15, -0.1) is 0 Å². The monoisotopic (exact) mass is 303 g/mol. The number of halogens is 1. The summed E-state index contributed by atoms with van der Waals surface area (Å²) in [5.41, 5.74) is 0. The van der Waals surface area contributed by atoms with Crippen LogP contribution in [0, 0.1) is 0 Å². The average molecular weight is 304 g/mol. The van der Waals surface area contributed by atoms with Crippen LogP contribution < -0.4 is 5.32 Å². The number of nitrogens with one attached hydrogen (secondary N) is 1. The Kier molecular flexibility index (Phi) is 6.83. The van der Waals surface area contributed by atoms with Crippen molar-refractivity contribution in [3.63, 3.8) is 0 Å². The molecule has 108 valence electrons. The lowest BCUT2D eigenvalue weighted by Crippen LogP contribution is -2.25. The molecule has 0 aliphatic heterocycles. The van der Waals surface area contributed by atoms with Crippen LogP contribution in [0.4, 0.5) is 0 Å². The van der Waals surface area contributed by atoms with Crippen molar-refractivity contribution in [1.82, 2.24) is 5.32 Å². The van der Waals surface area contributed by atoms with Gasteiger partial charge in [-0.2, -0.15) is 0 Å². The summed E-state index contributed by atoms with van der Waals surface area (Å²) >= 11 is 5.92. The maximum absolute atomic E-state index is 12.1. The Bertz CT molecular complexity index is 488. The van der Waals surface area contributed by atoms with Gasteiger partial charge in [0.2, 0.25) is 0 Å². The number of unbranched alkanes of at least 4 members (excludes halogenated alkanes) is 1. The van der Waals surface area contributed by atoms with Crippen LogP contribution in [0.25, 0.3) is 0 Å². The van der Waals surface area contributed by atoms with Crippen LogP contribution in [0.2, 0.25) is 5.02 Å². The highest BCUT2D eigenvalue weighted by Gasteiger charge is 2.17. The lowest BCUT2D eigenvalue weighted by atomic mass is 10.1. The van der Waals surface area contributed by atoms with Crippen molar-refractivity contribution in [2.45, 2.75) is 44.0 Å². The summed E-state index contributed by atoms with van der Waals surface area (Å²) in [7, 11) is -3.25. The first-order valence-electron chi connectivity index (χ1n) is 6.68. The maximum atomic E-state index is 12.1. The summed E-state index contributed by atoms with van der Waals surface area (Å²) < 4.78 is 24.2. The Morgan fingerprint density at radius 3 is 2.58 bits per heavy atom. The third-order valence-corrected chi connectivity index (χ3v) is 5.32. The Morgan fingerprint density at radius 1 is 1.26 bits per heavy atom. The molecule has 3 nitrogen and oxygen atoms in total. The summed E-state index contributed by atoms with van der Waals surface area (Å²) in [6.45, 7) is 5.13. The molecule has 0 aromatic heterocycles. The van der Waals surface area contributed by atoms with E-state index in [4.69, 9.17) is 11.6 Å². The summed E-state index contributed by atoms with van der Waals surface area (Å²) in [6, 6.07) is 7.06. The van der Waals surface area contributed by atoms with Gasteiger partial charge >= 0.3 is 0 Å². The van der Waals surface area contributed by atoms with Crippen LogP contribution in [0.3, 0.4) is 0 Å². The molecule has 0 saturated carbocycles. The number of benzene rings is 1. The lowest BCUT2D eigenvalue weighted by molar-refractivity contribution is 0.507. The van der Waals surface area contributed by atoms with Crippen LogP contribution in [0.15, 0.2) is 29.2 Å². The summed E-state index contributed by atoms with van der Waals surface area (Å²) in [4.78, 5) is 0.247. The first-order chi connectivity index (χ1) is 8.97. The van der Waals surface area contributed by atoms with E-state index >= 15 is 0 Å². The van der Waals surface area contributed by atoms with E-state index in [-0.39, 0.29) is 10.6 Å². The SMILES string of the molecule is CCNC(C)CCCCS(=O)(=O)c1ccccc1Cl. The molecule has 0 heterocycles. The minimum atomic E-state index is -3.25. The maximum Gasteiger partial charge on any atom is 0.179 e. The van der Waals surface area contributed by atoms with Gasteiger partial charge in [0.15, 0.2) is 9.84 Å². The molecule has 0 saturated heterocycles. The molecule has 5 heteroatoms. The van der Waals surface area contributed by atoms with Gasteiger partial charge in [0.1, 0.15) is 0 Å². The van der Waals surface area contributed by atoms with Crippen molar-refractivity contribution in [2.24, 2.45) is 0 Å². The van der Waals surface area contributed by atoms with Crippen molar-refractivity contribution in [3.8, 4) is 0 Å². The smallest absolute Gasteiger partial charge is 0.179 e. The van der Waals surface area contributed by atoms with E-state index in [0.29, 0.717) is 17.5 Å². The van der Waals surface area contributed by atoms with Crippen LogP contribution in [0.5, 0.6) is 0 Å². The molecule has 0 aliphatic carbocycles. The number of sulfone groups is 1. The van der Waals surface area contributed by atoms with Gasteiger partial charge in [0.05, 0.1) is 15.7 Å². The molecule has 0 radical (unpaired) electrons. The van der Waals surface area contributed by atoms with Gasteiger partial charge in [-0.3, -0.25) is 0 Å². The molecule has 1 unspecified atom stereocenters. The minimum Gasteiger partial charge on any atom is -0.315 e. The molecular formula is C14H22ClNO2S. The number of hydrogen-bond donors (Lipinski definition) is 1. The summed E-state index contributed by atoms with van der Waals surface area (Å²) in [6.07, 6.45) is 2.56. The molecule has 0 bridgehead atoms. The molecule has 1 aromatic rings. The predicted octanol–water partition coefficient (Wildman–Crippen LogP) is 3.28. The molecule has 0 spiro atoms. The fourth-order valence-corrected chi connectivity index (χ4v) is 3.94. The molecular weight excluding hydrogens is 282 g/mol. The van der Waals surface area contributed by atoms with E-state index in [1.54, 1.807) is 24.3 Å². The Balaban J connectivity index is 2.47. The fraction of sp³-hybridized carbons (Fsp3) is 0.571. The largest absolute Gasteiger partial charge is 0.315 e. The van der Waals surface area contributed by atoms with Gasteiger partial charge in [-0.25, -0.2) is 8.42 Å². The van der Waals surface area contributed by atoms with E-state index in [9.17, 15) is 8.42 Å². The van der Waals surface area contributed by atoms with E-state index in [1.807, 2.05) is 0 Å². The lowest BCUT2D eigenvalue weighted by Gasteiger charge is -2.11. The zero-order valence-corrected chi connectivity index (χ0v) is 13.1. The zero-order valence-electron chi connectivity index (χ0n) is 11.5. The highest BCUT2D eigenvalue weighted by atomic mass is 35.5. The molecule has 0 amide bonds. The van der Waals surface area contributed by atoms with Crippen LogP contribution in [-0.2, 0) is 9.84 Å².